The maximum Gasteiger partial charge on any atom is 0.0917 e. The van der Waals surface area contributed by atoms with Gasteiger partial charge in [0.1, 0.15) is 0 Å². The normalized spacial score (nSPS) is 17.1. The molecule has 2 aromatic carbocycles. The topological polar surface area (TPSA) is 26.7 Å². The number of hydrogen-bond donors (Lipinski definition) is 1. The van der Waals surface area contributed by atoms with Crippen molar-refractivity contribution in [2.24, 2.45) is 0 Å². The van der Waals surface area contributed by atoms with Gasteiger partial charge in [0.15, 0.2) is 0 Å². The number of aliphatic hydroxyl groups excluding tert-OH is 1. The van der Waals surface area contributed by atoms with Crippen LogP contribution >= 0.6 is 11.6 Å². The molecule has 128 valence electrons. The Bertz CT molecular complexity index is 696. The van der Waals surface area contributed by atoms with E-state index in [0.29, 0.717) is 11.6 Å². The van der Waals surface area contributed by atoms with E-state index in [2.05, 4.69) is 41.8 Å². The van der Waals surface area contributed by atoms with Crippen molar-refractivity contribution in [3.05, 3.63) is 64.2 Å². The van der Waals surface area contributed by atoms with Gasteiger partial charge in [0.25, 0.3) is 0 Å². The minimum atomic E-state index is -0.489. The lowest BCUT2D eigenvalue weighted by atomic mass is 10.1. The lowest BCUT2D eigenvalue weighted by Crippen LogP contribution is -2.47. The summed E-state index contributed by atoms with van der Waals surface area (Å²) in [5, 5.41) is 11.1. The molecule has 1 atom stereocenters. The fourth-order valence-corrected chi connectivity index (χ4v) is 3.37. The molecule has 1 heterocycles. The third-order valence-corrected chi connectivity index (χ3v) is 5.13. The lowest BCUT2D eigenvalue weighted by molar-refractivity contribution is 0.109. The van der Waals surface area contributed by atoms with Gasteiger partial charge >= 0.3 is 0 Å². The van der Waals surface area contributed by atoms with E-state index < -0.39 is 6.10 Å². The van der Waals surface area contributed by atoms with Crippen LogP contribution in [-0.2, 0) is 0 Å². The number of halogens is 1. The number of hydrogen-bond acceptors (Lipinski definition) is 3. The van der Waals surface area contributed by atoms with Crippen LogP contribution in [0.15, 0.2) is 42.5 Å². The highest BCUT2D eigenvalue weighted by Crippen LogP contribution is 2.22. The maximum atomic E-state index is 10.4. The zero-order valence-electron chi connectivity index (χ0n) is 14.4. The Hall–Kier alpha value is -1.55. The zero-order valence-corrected chi connectivity index (χ0v) is 15.1. The maximum absolute atomic E-state index is 10.4. The molecule has 3 nitrogen and oxygen atoms in total. The number of anilines is 1. The van der Waals surface area contributed by atoms with Crippen molar-refractivity contribution in [3.8, 4) is 0 Å². The van der Waals surface area contributed by atoms with E-state index in [1.807, 2.05) is 24.3 Å². The molecule has 1 N–H and O–H groups in total. The third kappa shape index (κ3) is 4.10. The fourth-order valence-electron chi connectivity index (χ4n) is 3.17. The summed E-state index contributed by atoms with van der Waals surface area (Å²) in [6.45, 7) is 8.87. The quantitative estimate of drug-likeness (QED) is 0.913. The molecule has 1 aliphatic heterocycles. The summed E-state index contributed by atoms with van der Waals surface area (Å²) >= 11 is 6.01. The Labute approximate surface area is 149 Å². The average Bonchev–Trinajstić information content (AvgIpc) is 2.58. The Kier molecular flexibility index (Phi) is 5.44. The van der Waals surface area contributed by atoms with Crippen LogP contribution in [0.3, 0.4) is 0 Å². The van der Waals surface area contributed by atoms with E-state index in [9.17, 15) is 5.11 Å². The number of nitrogens with zero attached hydrogens (tertiary/aromatic N) is 2. The highest BCUT2D eigenvalue weighted by atomic mass is 35.5. The van der Waals surface area contributed by atoms with Crippen molar-refractivity contribution < 1.29 is 5.11 Å². The first-order valence-corrected chi connectivity index (χ1v) is 8.89. The van der Waals surface area contributed by atoms with Crippen LogP contribution < -0.4 is 4.90 Å². The molecule has 0 amide bonds. The van der Waals surface area contributed by atoms with Gasteiger partial charge in [0.05, 0.1) is 6.10 Å². The van der Waals surface area contributed by atoms with Crippen LogP contribution in [0.25, 0.3) is 0 Å². The summed E-state index contributed by atoms with van der Waals surface area (Å²) in [6, 6.07) is 14.2. The van der Waals surface area contributed by atoms with Crippen molar-refractivity contribution in [1.82, 2.24) is 4.90 Å². The predicted molar refractivity (Wildman–Crippen MR) is 101 cm³/mol. The van der Waals surface area contributed by atoms with Crippen molar-refractivity contribution in [2.75, 3.05) is 37.6 Å². The smallest absolute Gasteiger partial charge is 0.0917 e. The summed E-state index contributed by atoms with van der Waals surface area (Å²) in [4.78, 5) is 4.75. The first kappa shape index (κ1) is 17.3. The first-order valence-electron chi connectivity index (χ1n) is 8.51. The number of aryl methyl sites for hydroxylation is 2. The first-order chi connectivity index (χ1) is 11.5. The van der Waals surface area contributed by atoms with Crippen molar-refractivity contribution in [3.63, 3.8) is 0 Å². The number of rotatable bonds is 4. The molecule has 0 saturated carbocycles. The standard InChI is InChI=1S/C20H25ClN2O/c1-15-6-7-19(12-16(15)2)23-10-8-22(9-11-23)14-20(24)17-4-3-5-18(21)13-17/h3-7,12-13,20,24H,8-11,14H2,1-2H3. The van der Waals surface area contributed by atoms with E-state index in [1.165, 1.54) is 16.8 Å². The van der Waals surface area contributed by atoms with E-state index >= 15 is 0 Å². The van der Waals surface area contributed by atoms with Crippen LogP contribution in [0.2, 0.25) is 5.02 Å². The van der Waals surface area contributed by atoms with E-state index in [-0.39, 0.29) is 0 Å². The highest BCUT2D eigenvalue weighted by molar-refractivity contribution is 6.30. The van der Waals surface area contributed by atoms with Gasteiger partial charge in [-0.05, 0) is 54.8 Å². The molecule has 1 saturated heterocycles. The number of aliphatic hydroxyl groups is 1. The van der Waals surface area contributed by atoms with Crippen LogP contribution in [0.1, 0.15) is 22.8 Å². The molecule has 2 aromatic rings. The molecule has 0 spiro atoms. The molecular formula is C20H25ClN2O. The minimum absolute atomic E-state index is 0.489. The zero-order chi connectivity index (χ0) is 17.1. The summed E-state index contributed by atoms with van der Waals surface area (Å²) in [5.41, 5.74) is 4.86. The van der Waals surface area contributed by atoms with Gasteiger partial charge in [-0.1, -0.05) is 29.8 Å². The van der Waals surface area contributed by atoms with Gasteiger partial charge in [0.2, 0.25) is 0 Å². The molecule has 4 heteroatoms. The fraction of sp³-hybridized carbons (Fsp3) is 0.400. The summed E-state index contributed by atoms with van der Waals surface area (Å²) in [6.07, 6.45) is -0.489. The van der Waals surface area contributed by atoms with Crippen LogP contribution in [0, 0.1) is 13.8 Å². The third-order valence-electron chi connectivity index (χ3n) is 4.89. The number of β-amino-alcohol motifs (C(OH)–C–C–N with tert-alkyl or cyclic N) is 1. The molecule has 0 bridgehead atoms. The molecule has 0 radical (unpaired) electrons. The number of piperazine rings is 1. The average molecular weight is 345 g/mol. The van der Waals surface area contributed by atoms with Crippen molar-refractivity contribution in [2.45, 2.75) is 20.0 Å². The molecule has 1 unspecified atom stereocenters. The summed E-state index contributed by atoms with van der Waals surface area (Å²) < 4.78 is 0. The Morgan fingerprint density at radius 2 is 1.75 bits per heavy atom. The summed E-state index contributed by atoms with van der Waals surface area (Å²) in [5.74, 6) is 0. The second-order valence-electron chi connectivity index (χ2n) is 6.63. The Morgan fingerprint density at radius 1 is 1.00 bits per heavy atom. The molecular weight excluding hydrogens is 320 g/mol. The molecule has 0 aromatic heterocycles. The van der Waals surface area contributed by atoms with Crippen LogP contribution in [0.5, 0.6) is 0 Å². The summed E-state index contributed by atoms with van der Waals surface area (Å²) in [7, 11) is 0. The molecule has 1 fully saturated rings. The van der Waals surface area contributed by atoms with E-state index in [0.717, 1.165) is 31.7 Å². The second-order valence-corrected chi connectivity index (χ2v) is 7.06. The SMILES string of the molecule is Cc1ccc(N2CCN(CC(O)c3cccc(Cl)c3)CC2)cc1C. The van der Waals surface area contributed by atoms with Crippen molar-refractivity contribution in [1.29, 1.82) is 0 Å². The van der Waals surface area contributed by atoms with Gasteiger partial charge in [-0.2, -0.15) is 0 Å². The number of benzene rings is 2. The van der Waals surface area contributed by atoms with Gasteiger partial charge in [0, 0.05) is 43.4 Å². The van der Waals surface area contributed by atoms with Gasteiger partial charge in [-0.15, -0.1) is 0 Å². The molecule has 24 heavy (non-hydrogen) atoms. The largest absolute Gasteiger partial charge is 0.387 e. The van der Waals surface area contributed by atoms with Gasteiger partial charge in [-0.3, -0.25) is 4.90 Å². The highest BCUT2D eigenvalue weighted by Gasteiger charge is 2.20. The minimum Gasteiger partial charge on any atom is -0.387 e. The molecule has 0 aliphatic carbocycles. The van der Waals surface area contributed by atoms with Crippen molar-refractivity contribution >= 4 is 17.3 Å². The van der Waals surface area contributed by atoms with Crippen LogP contribution in [0.4, 0.5) is 5.69 Å². The Balaban J connectivity index is 1.56. The van der Waals surface area contributed by atoms with E-state index in [1.54, 1.807) is 0 Å². The lowest BCUT2D eigenvalue weighted by Gasteiger charge is -2.37. The predicted octanol–water partition coefficient (Wildman–Crippen LogP) is 3.81. The van der Waals surface area contributed by atoms with E-state index in [4.69, 9.17) is 11.6 Å². The molecule has 1 aliphatic rings. The second kappa shape index (κ2) is 7.56. The van der Waals surface area contributed by atoms with Gasteiger partial charge < -0.3 is 10.0 Å². The monoisotopic (exact) mass is 344 g/mol. The van der Waals surface area contributed by atoms with Crippen LogP contribution in [-0.4, -0.2) is 42.7 Å². The van der Waals surface area contributed by atoms with Gasteiger partial charge in [-0.25, -0.2) is 0 Å². The Morgan fingerprint density at radius 3 is 2.42 bits per heavy atom. The molecule has 3 rings (SSSR count).